The normalized spacial score (nSPS) is 21.7. The highest BCUT2D eigenvalue weighted by molar-refractivity contribution is 14.0. The second kappa shape index (κ2) is 9.69. The first-order valence-corrected chi connectivity index (χ1v) is 8.72. The van der Waals surface area contributed by atoms with E-state index in [2.05, 4.69) is 27.4 Å². The zero-order chi connectivity index (χ0) is 16.0. The maximum Gasteiger partial charge on any atom is 0.220 e. The van der Waals surface area contributed by atoms with Crippen LogP contribution in [0.1, 0.15) is 51.9 Å². The zero-order valence-corrected chi connectivity index (χ0v) is 17.2. The van der Waals surface area contributed by atoms with Crippen LogP contribution in [0.5, 0.6) is 0 Å². The van der Waals surface area contributed by atoms with E-state index >= 15 is 0 Å². The van der Waals surface area contributed by atoms with E-state index in [1.165, 1.54) is 25.7 Å². The molecule has 0 bridgehead atoms. The van der Waals surface area contributed by atoms with Crippen LogP contribution in [0.15, 0.2) is 4.99 Å². The minimum absolute atomic E-state index is 0. The Balaban J connectivity index is 0.00000264. The summed E-state index contributed by atoms with van der Waals surface area (Å²) in [5.41, 5.74) is 0.438. The summed E-state index contributed by atoms with van der Waals surface area (Å²) < 4.78 is 0. The van der Waals surface area contributed by atoms with Gasteiger partial charge < -0.3 is 15.5 Å². The number of amides is 1. The molecule has 6 heteroatoms. The van der Waals surface area contributed by atoms with Crippen LogP contribution in [-0.4, -0.2) is 50.5 Å². The molecule has 2 fully saturated rings. The van der Waals surface area contributed by atoms with Gasteiger partial charge in [-0.2, -0.15) is 0 Å². The lowest BCUT2D eigenvalue weighted by Gasteiger charge is -2.35. The van der Waals surface area contributed by atoms with E-state index in [1.54, 1.807) is 7.05 Å². The summed E-state index contributed by atoms with van der Waals surface area (Å²) in [5.74, 6) is 1.71. The third-order valence-electron chi connectivity index (χ3n) is 5.36. The molecule has 2 rings (SSSR count). The molecule has 0 radical (unpaired) electrons. The van der Waals surface area contributed by atoms with Crippen LogP contribution in [0.3, 0.4) is 0 Å². The van der Waals surface area contributed by atoms with Crippen molar-refractivity contribution in [3.8, 4) is 0 Å². The second-order valence-electron chi connectivity index (χ2n) is 7.23. The number of halogens is 1. The summed E-state index contributed by atoms with van der Waals surface area (Å²) in [6.07, 6.45) is 8.19. The van der Waals surface area contributed by atoms with Gasteiger partial charge in [-0.1, -0.05) is 19.8 Å². The highest BCUT2D eigenvalue weighted by Gasteiger charge is 2.29. The van der Waals surface area contributed by atoms with Gasteiger partial charge in [0.05, 0.1) is 0 Å². The van der Waals surface area contributed by atoms with Gasteiger partial charge in [-0.05, 0) is 37.0 Å². The van der Waals surface area contributed by atoms with Crippen LogP contribution in [0, 0.1) is 11.3 Å². The second-order valence-corrected chi connectivity index (χ2v) is 7.23. The number of nitrogens with one attached hydrogen (secondary N) is 2. The fourth-order valence-electron chi connectivity index (χ4n) is 3.74. The average molecular weight is 436 g/mol. The Hall–Kier alpha value is -0.530. The third-order valence-corrected chi connectivity index (χ3v) is 5.36. The van der Waals surface area contributed by atoms with Crippen molar-refractivity contribution in [3.05, 3.63) is 0 Å². The largest absolute Gasteiger partial charge is 0.359 e. The van der Waals surface area contributed by atoms with Gasteiger partial charge in [-0.15, -0.1) is 24.0 Å². The lowest BCUT2D eigenvalue weighted by Crippen LogP contribution is -2.48. The van der Waals surface area contributed by atoms with Gasteiger partial charge in [0.25, 0.3) is 0 Å². The molecule has 1 heterocycles. The molecule has 23 heavy (non-hydrogen) atoms. The molecule has 1 saturated carbocycles. The predicted octanol–water partition coefficient (Wildman–Crippen LogP) is 2.61. The Bertz CT molecular complexity index is 399. The van der Waals surface area contributed by atoms with Crippen molar-refractivity contribution in [3.63, 3.8) is 0 Å². The van der Waals surface area contributed by atoms with Crippen molar-refractivity contribution in [2.45, 2.75) is 51.9 Å². The highest BCUT2D eigenvalue weighted by atomic mass is 127. The van der Waals surface area contributed by atoms with E-state index < -0.39 is 0 Å². The number of carbonyl (C=O) groups excluding carboxylic acids is 1. The number of hydrogen-bond donors (Lipinski definition) is 2. The molecule has 0 unspecified atom stereocenters. The predicted molar refractivity (Wildman–Crippen MR) is 106 cm³/mol. The summed E-state index contributed by atoms with van der Waals surface area (Å²) in [7, 11) is 3.59. The van der Waals surface area contributed by atoms with Crippen molar-refractivity contribution >= 4 is 35.8 Å². The quantitative estimate of drug-likeness (QED) is 0.405. The Morgan fingerprint density at radius 1 is 1.26 bits per heavy atom. The molecule has 0 aromatic heterocycles. The maximum atomic E-state index is 11.5. The lowest BCUT2D eigenvalue weighted by atomic mass is 9.89. The standard InChI is InChI=1S/C17H32N4O.HI/c1-17(8-4-5-9-17)13-20-16(19-3)21-10-6-14(7-11-21)12-15(22)18-2;/h14H,4-13H2,1-3H3,(H,18,22)(H,19,20);1H. The SMILES string of the molecule is CN=C(NCC1(C)CCCC1)N1CCC(CC(=O)NC)CC1.I. The van der Waals surface area contributed by atoms with Crippen LogP contribution < -0.4 is 10.6 Å². The summed E-state index contributed by atoms with van der Waals surface area (Å²) >= 11 is 0. The van der Waals surface area contributed by atoms with Crippen molar-refractivity contribution < 1.29 is 4.79 Å². The van der Waals surface area contributed by atoms with Gasteiger partial charge in [-0.25, -0.2) is 0 Å². The van der Waals surface area contributed by atoms with Gasteiger partial charge in [0.1, 0.15) is 0 Å². The van der Waals surface area contributed by atoms with E-state index in [4.69, 9.17) is 0 Å². The number of aliphatic imine (C=N–C) groups is 1. The average Bonchev–Trinajstić information content (AvgIpc) is 2.96. The van der Waals surface area contributed by atoms with Crippen molar-refractivity contribution in [2.75, 3.05) is 33.7 Å². The molecule has 134 valence electrons. The van der Waals surface area contributed by atoms with Gasteiger partial charge in [0.2, 0.25) is 5.91 Å². The molecule has 0 aromatic rings. The van der Waals surface area contributed by atoms with Crippen molar-refractivity contribution in [1.82, 2.24) is 15.5 Å². The zero-order valence-electron chi connectivity index (χ0n) is 14.9. The number of carbonyl (C=O) groups is 1. The monoisotopic (exact) mass is 436 g/mol. The van der Waals surface area contributed by atoms with Gasteiger partial charge in [0, 0.05) is 40.2 Å². The van der Waals surface area contributed by atoms with Crippen LogP contribution in [-0.2, 0) is 4.79 Å². The Labute approximate surface area is 158 Å². The van der Waals surface area contributed by atoms with Crippen LogP contribution in [0.4, 0.5) is 0 Å². The Morgan fingerprint density at radius 2 is 1.87 bits per heavy atom. The Morgan fingerprint density at radius 3 is 2.39 bits per heavy atom. The number of guanidine groups is 1. The van der Waals surface area contributed by atoms with Gasteiger partial charge in [0.15, 0.2) is 5.96 Å². The molecular formula is C17H33IN4O. The third kappa shape index (κ3) is 6.12. The molecule has 0 spiro atoms. The molecule has 1 aliphatic heterocycles. The number of hydrogen-bond acceptors (Lipinski definition) is 2. The van der Waals surface area contributed by atoms with E-state index in [1.807, 2.05) is 7.05 Å². The topological polar surface area (TPSA) is 56.7 Å². The number of likely N-dealkylation sites (tertiary alicyclic amines) is 1. The van der Waals surface area contributed by atoms with E-state index in [0.29, 0.717) is 17.8 Å². The molecule has 5 nitrogen and oxygen atoms in total. The smallest absolute Gasteiger partial charge is 0.220 e. The number of rotatable bonds is 4. The van der Waals surface area contributed by atoms with E-state index in [9.17, 15) is 4.79 Å². The maximum absolute atomic E-state index is 11.5. The molecule has 1 aliphatic carbocycles. The summed E-state index contributed by atoms with van der Waals surface area (Å²) in [6, 6.07) is 0. The first-order chi connectivity index (χ1) is 10.6. The van der Waals surface area contributed by atoms with E-state index in [-0.39, 0.29) is 29.9 Å². The summed E-state index contributed by atoms with van der Waals surface area (Å²) in [5, 5.41) is 6.31. The summed E-state index contributed by atoms with van der Waals surface area (Å²) in [6.45, 7) is 5.41. The minimum Gasteiger partial charge on any atom is -0.359 e. The molecular weight excluding hydrogens is 403 g/mol. The number of nitrogens with zero attached hydrogens (tertiary/aromatic N) is 2. The fourth-order valence-corrected chi connectivity index (χ4v) is 3.74. The van der Waals surface area contributed by atoms with E-state index in [0.717, 1.165) is 38.4 Å². The molecule has 1 amide bonds. The minimum atomic E-state index is 0. The molecule has 0 atom stereocenters. The molecule has 1 saturated heterocycles. The fraction of sp³-hybridized carbons (Fsp3) is 0.882. The molecule has 2 aliphatic rings. The van der Waals surface area contributed by atoms with Crippen LogP contribution >= 0.6 is 24.0 Å². The lowest BCUT2D eigenvalue weighted by molar-refractivity contribution is -0.121. The van der Waals surface area contributed by atoms with Crippen LogP contribution in [0.25, 0.3) is 0 Å². The van der Waals surface area contributed by atoms with Crippen molar-refractivity contribution in [2.24, 2.45) is 16.3 Å². The van der Waals surface area contributed by atoms with Crippen LogP contribution in [0.2, 0.25) is 0 Å². The summed E-state index contributed by atoms with van der Waals surface area (Å²) in [4.78, 5) is 18.3. The molecule has 0 aromatic carbocycles. The number of piperidine rings is 1. The first-order valence-electron chi connectivity index (χ1n) is 8.72. The van der Waals surface area contributed by atoms with Gasteiger partial charge >= 0.3 is 0 Å². The van der Waals surface area contributed by atoms with Crippen molar-refractivity contribution in [1.29, 1.82) is 0 Å². The van der Waals surface area contributed by atoms with Gasteiger partial charge in [-0.3, -0.25) is 9.79 Å². The Kier molecular flexibility index (Phi) is 8.64. The highest BCUT2D eigenvalue weighted by Crippen LogP contribution is 2.36. The molecule has 2 N–H and O–H groups in total. The first kappa shape index (κ1) is 20.5.